The van der Waals surface area contributed by atoms with E-state index in [9.17, 15) is 0 Å². The minimum Gasteiger partial charge on any atom is -0.469 e. The number of hydrogen-bond acceptors (Lipinski definition) is 3. The molecule has 0 radical (unpaired) electrons. The molecule has 1 atom stereocenters. The van der Waals surface area contributed by atoms with E-state index in [0.29, 0.717) is 5.92 Å². The molecule has 1 aromatic rings. The van der Waals surface area contributed by atoms with E-state index in [-0.39, 0.29) is 6.04 Å². The molecule has 1 aromatic heterocycles. The van der Waals surface area contributed by atoms with E-state index in [1.165, 1.54) is 31.2 Å². The maximum Gasteiger partial charge on any atom is 0.101 e. The maximum absolute atomic E-state index is 5.69. The molecule has 1 aliphatic carbocycles. The number of hydrogen-bond donors (Lipinski definition) is 2. The Morgan fingerprint density at radius 2 is 2.06 bits per heavy atom. The van der Waals surface area contributed by atoms with Gasteiger partial charge in [0.1, 0.15) is 5.76 Å². The van der Waals surface area contributed by atoms with Gasteiger partial charge in [-0.05, 0) is 37.7 Å². The van der Waals surface area contributed by atoms with Gasteiger partial charge in [-0.1, -0.05) is 19.8 Å². The van der Waals surface area contributed by atoms with Gasteiger partial charge >= 0.3 is 0 Å². The van der Waals surface area contributed by atoms with E-state index in [1.807, 2.05) is 13.2 Å². The lowest BCUT2D eigenvalue weighted by molar-refractivity contribution is 0.232. The Balaban J connectivity index is 2.05. The Kier molecular flexibility index (Phi) is 3.66. The molecule has 3 nitrogen and oxygen atoms in total. The van der Waals surface area contributed by atoms with Crippen LogP contribution in [0.4, 0.5) is 0 Å². The van der Waals surface area contributed by atoms with Crippen molar-refractivity contribution in [2.45, 2.75) is 45.6 Å². The average molecular weight is 222 g/mol. The summed E-state index contributed by atoms with van der Waals surface area (Å²) in [5, 5.41) is 0. The minimum absolute atomic E-state index is 0.255. The van der Waals surface area contributed by atoms with E-state index in [2.05, 4.69) is 18.4 Å². The first-order valence-corrected chi connectivity index (χ1v) is 6.22. The fraction of sp³-hybridized carbons (Fsp3) is 0.692. The van der Waals surface area contributed by atoms with Gasteiger partial charge in [0.25, 0.3) is 0 Å². The van der Waals surface area contributed by atoms with Gasteiger partial charge in [-0.2, -0.15) is 0 Å². The van der Waals surface area contributed by atoms with Crippen molar-refractivity contribution in [2.24, 2.45) is 17.7 Å². The molecule has 1 saturated carbocycles. The average Bonchev–Trinajstić information content (AvgIpc) is 2.69. The van der Waals surface area contributed by atoms with Crippen molar-refractivity contribution in [3.05, 3.63) is 23.7 Å². The molecule has 0 amide bonds. The smallest absolute Gasteiger partial charge is 0.101 e. The van der Waals surface area contributed by atoms with E-state index in [0.717, 1.165) is 11.7 Å². The van der Waals surface area contributed by atoms with Crippen molar-refractivity contribution in [1.29, 1.82) is 0 Å². The molecular formula is C13H22N2O. The van der Waals surface area contributed by atoms with E-state index >= 15 is 0 Å². The molecule has 2 rings (SSSR count). The first-order valence-electron chi connectivity index (χ1n) is 6.22. The van der Waals surface area contributed by atoms with Crippen LogP contribution in [0.15, 0.2) is 16.7 Å². The van der Waals surface area contributed by atoms with E-state index in [1.54, 1.807) is 0 Å². The molecule has 0 bridgehead atoms. The molecule has 0 aromatic carbocycles. The molecule has 1 heterocycles. The highest BCUT2D eigenvalue weighted by Gasteiger charge is 2.27. The molecule has 0 saturated heterocycles. The predicted molar refractivity (Wildman–Crippen MR) is 64.6 cm³/mol. The largest absolute Gasteiger partial charge is 0.469 e. The third-order valence-electron chi connectivity index (χ3n) is 3.82. The normalized spacial score (nSPS) is 27.9. The van der Waals surface area contributed by atoms with Crippen LogP contribution in [-0.4, -0.2) is 0 Å². The third kappa shape index (κ3) is 2.47. The summed E-state index contributed by atoms with van der Waals surface area (Å²) >= 11 is 0. The first kappa shape index (κ1) is 11.7. The van der Waals surface area contributed by atoms with Crippen LogP contribution in [0.25, 0.3) is 0 Å². The summed E-state index contributed by atoms with van der Waals surface area (Å²) in [7, 11) is 0. The molecule has 16 heavy (non-hydrogen) atoms. The highest BCUT2D eigenvalue weighted by Crippen LogP contribution is 2.36. The summed E-state index contributed by atoms with van der Waals surface area (Å²) in [6.45, 7) is 4.31. The summed E-state index contributed by atoms with van der Waals surface area (Å²) in [5.74, 6) is 8.17. The number of rotatable bonds is 3. The molecule has 0 spiro atoms. The molecule has 1 aliphatic rings. The summed E-state index contributed by atoms with van der Waals surface area (Å²) < 4.78 is 5.36. The predicted octanol–water partition coefficient (Wildman–Crippen LogP) is 2.92. The van der Waals surface area contributed by atoms with Crippen LogP contribution in [0.5, 0.6) is 0 Å². The fourth-order valence-corrected chi connectivity index (χ4v) is 2.75. The lowest BCUT2D eigenvalue weighted by Crippen LogP contribution is -2.35. The van der Waals surface area contributed by atoms with Gasteiger partial charge in [0, 0.05) is 5.56 Å². The Morgan fingerprint density at radius 3 is 2.56 bits per heavy atom. The second-order valence-electron chi connectivity index (χ2n) is 5.15. The monoisotopic (exact) mass is 222 g/mol. The van der Waals surface area contributed by atoms with E-state index < -0.39 is 0 Å². The second kappa shape index (κ2) is 5.02. The Labute approximate surface area is 97.4 Å². The zero-order valence-corrected chi connectivity index (χ0v) is 10.2. The Morgan fingerprint density at radius 1 is 1.38 bits per heavy atom. The quantitative estimate of drug-likeness (QED) is 0.610. The first-order chi connectivity index (χ1) is 7.70. The van der Waals surface area contributed by atoms with Gasteiger partial charge in [0.05, 0.1) is 12.3 Å². The minimum atomic E-state index is 0.255. The number of furan rings is 1. The summed E-state index contributed by atoms with van der Waals surface area (Å²) in [6.07, 6.45) is 7.00. The van der Waals surface area contributed by atoms with Crippen molar-refractivity contribution in [2.75, 3.05) is 0 Å². The van der Waals surface area contributed by atoms with Crippen molar-refractivity contribution in [3.63, 3.8) is 0 Å². The lowest BCUT2D eigenvalue weighted by Gasteiger charge is -2.31. The Bertz CT molecular complexity index is 326. The molecular weight excluding hydrogens is 200 g/mol. The highest BCUT2D eigenvalue weighted by molar-refractivity contribution is 5.17. The van der Waals surface area contributed by atoms with Crippen molar-refractivity contribution in [3.8, 4) is 0 Å². The van der Waals surface area contributed by atoms with Crippen LogP contribution in [-0.2, 0) is 0 Å². The molecule has 3 N–H and O–H groups in total. The van der Waals surface area contributed by atoms with Crippen LogP contribution in [0.1, 0.15) is 50.0 Å². The van der Waals surface area contributed by atoms with Gasteiger partial charge < -0.3 is 4.42 Å². The highest BCUT2D eigenvalue weighted by atomic mass is 16.3. The van der Waals surface area contributed by atoms with Crippen LogP contribution in [0.3, 0.4) is 0 Å². The van der Waals surface area contributed by atoms with Gasteiger partial charge in [0.2, 0.25) is 0 Å². The van der Waals surface area contributed by atoms with E-state index in [4.69, 9.17) is 10.3 Å². The number of nitrogens with one attached hydrogen (secondary N) is 1. The standard InChI is InChI=1S/C13H22N2O/c1-9-3-5-11(6-4-9)13(15-14)12-7-10(2)16-8-12/h7-9,11,13,15H,3-6,14H2,1-2H3. The summed E-state index contributed by atoms with van der Waals surface area (Å²) in [4.78, 5) is 0. The van der Waals surface area contributed by atoms with Crippen LogP contribution >= 0.6 is 0 Å². The topological polar surface area (TPSA) is 51.2 Å². The van der Waals surface area contributed by atoms with Gasteiger partial charge in [-0.3, -0.25) is 11.3 Å². The zero-order chi connectivity index (χ0) is 11.5. The van der Waals surface area contributed by atoms with Crippen LogP contribution in [0.2, 0.25) is 0 Å². The van der Waals surface area contributed by atoms with Crippen LogP contribution in [0, 0.1) is 18.8 Å². The molecule has 3 heteroatoms. The van der Waals surface area contributed by atoms with Gasteiger partial charge in [-0.25, -0.2) is 0 Å². The summed E-state index contributed by atoms with van der Waals surface area (Å²) in [5.41, 5.74) is 4.15. The van der Waals surface area contributed by atoms with Crippen molar-refractivity contribution >= 4 is 0 Å². The molecule has 1 unspecified atom stereocenters. The fourth-order valence-electron chi connectivity index (χ4n) is 2.75. The number of nitrogens with two attached hydrogens (primary N) is 1. The number of aryl methyl sites for hydroxylation is 1. The summed E-state index contributed by atoms with van der Waals surface area (Å²) in [6, 6.07) is 2.34. The van der Waals surface area contributed by atoms with Gasteiger partial charge in [-0.15, -0.1) is 0 Å². The zero-order valence-electron chi connectivity index (χ0n) is 10.2. The van der Waals surface area contributed by atoms with Crippen LogP contribution < -0.4 is 11.3 Å². The van der Waals surface area contributed by atoms with Crippen molar-refractivity contribution < 1.29 is 4.42 Å². The Hall–Kier alpha value is -0.800. The number of hydrazine groups is 1. The molecule has 0 aliphatic heterocycles. The third-order valence-corrected chi connectivity index (χ3v) is 3.82. The molecule has 90 valence electrons. The SMILES string of the molecule is Cc1cc(C(NN)C2CCC(C)CC2)co1. The second-order valence-corrected chi connectivity index (χ2v) is 5.15. The molecule has 1 fully saturated rings. The lowest BCUT2D eigenvalue weighted by atomic mass is 9.78. The van der Waals surface area contributed by atoms with Gasteiger partial charge in [0.15, 0.2) is 0 Å². The maximum atomic E-state index is 5.69. The van der Waals surface area contributed by atoms with Crippen molar-refractivity contribution in [1.82, 2.24) is 5.43 Å².